The Balaban J connectivity index is 1.88. The number of hydrogen-bond donors (Lipinski definition) is 2. The predicted octanol–water partition coefficient (Wildman–Crippen LogP) is 2.04. The van der Waals surface area contributed by atoms with Gasteiger partial charge in [0.15, 0.2) is 0 Å². The molecule has 0 saturated carbocycles. The van der Waals surface area contributed by atoms with Crippen molar-refractivity contribution in [2.24, 2.45) is 5.10 Å². The number of methoxy groups -OCH3 is 1. The van der Waals surface area contributed by atoms with E-state index in [1.807, 2.05) is 43.3 Å². The zero-order valence-corrected chi connectivity index (χ0v) is 12.5. The van der Waals surface area contributed by atoms with Gasteiger partial charge in [0.1, 0.15) is 5.75 Å². The molecule has 114 valence electrons. The molecule has 6 heteroatoms. The third-order valence-electron chi connectivity index (χ3n) is 2.97. The average Bonchev–Trinajstić information content (AvgIpc) is 2.58. The van der Waals surface area contributed by atoms with Gasteiger partial charge < -0.3 is 10.1 Å². The van der Waals surface area contributed by atoms with Crippen LogP contribution >= 0.6 is 0 Å². The maximum atomic E-state index is 11.8. The Bertz CT molecular complexity index is 656. The Morgan fingerprint density at radius 2 is 2.09 bits per heavy atom. The SMILES string of the molecule is COc1ccccc1NCC(=O)N/N=C(\C)c1cccnc1. The molecule has 2 N–H and O–H groups in total. The van der Waals surface area contributed by atoms with Crippen molar-refractivity contribution in [2.45, 2.75) is 6.92 Å². The van der Waals surface area contributed by atoms with Gasteiger partial charge in [0, 0.05) is 18.0 Å². The van der Waals surface area contributed by atoms with Crippen LogP contribution in [0.3, 0.4) is 0 Å². The summed E-state index contributed by atoms with van der Waals surface area (Å²) in [5.74, 6) is 0.444. The van der Waals surface area contributed by atoms with Gasteiger partial charge in [0.2, 0.25) is 0 Å². The van der Waals surface area contributed by atoms with E-state index in [0.717, 1.165) is 11.3 Å². The zero-order valence-electron chi connectivity index (χ0n) is 12.5. The van der Waals surface area contributed by atoms with Crippen molar-refractivity contribution in [2.75, 3.05) is 19.0 Å². The van der Waals surface area contributed by atoms with Crippen molar-refractivity contribution in [1.29, 1.82) is 0 Å². The number of carbonyl (C=O) groups excluding carboxylic acids is 1. The number of hydrogen-bond acceptors (Lipinski definition) is 5. The fraction of sp³-hybridized carbons (Fsp3) is 0.188. The molecule has 1 aromatic carbocycles. The molecule has 0 saturated heterocycles. The minimum Gasteiger partial charge on any atom is -0.495 e. The van der Waals surface area contributed by atoms with Crippen LogP contribution in [0.5, 0.6) is 5.75 Å². The highest BCUT2D eigenvalue weighted by molar-refractivity contribution is 5.99. The van der Waals surface area contributed by atoms with Crippen molar-refractivity contribution < 1.29 is 9.53 Å². The second-order valence-corrected chi connectivity index (χ2v) is 4.53. The van der Waals surface area contributed by atoms with E-state index < -0.39 is 0 Å². The Kier molecular flexibility index (Phi) is 5.48. The molecular weight excluding hydrogens is 280 g/mol. The molecule has 0 aliphatic heterocycles. The third-order valence-corrected chi connectivity index (χ3v) is 2.97. The van der Waals surface area contributed by atoms with E-state index in [4.69, 9.17) is 4.74 Å². The van der Waals surface area contributed by atoms with Crippen LogP contribution in [0.25, 0.3) is 0 Å². The fourth-order valence-electron chi connectivity index (χ4n) is 1.79. The molecule has 1 aromatic heterocycles. The molecule has 2 rings (SSSR count). The summed E-state index contributed by atoms with van der Waals surface area (Å²) in [7, 11) is 1.59. The number of aromatic nitrogens is 1. The van der Waals surface area contributed by atoms with Gasteiger partial charge in [-0.05, 0) is 25.1 Å². The van der Waals surface area contributed by atoms with Gasteiger partial charge in [0.05, 0.1) is 25.1 Å². The highest BCUT2D eigenvalue weighted by atomic mass is 16.5. The van der Waals surface area contributed by atoms with Crippen LogP contribution in [-0.2, 0) is 4.79 Å². The lowest BCUT2D eigenvalue weighted by Gasteiger charge is -2.10. The summed E-state index contributed by atoms with van der Waals surface area (Å²) in [4.78, 5) is 15.8. The second-order valence-electron chi connectivity index (χ2n) is 4.53. The van der Waals surface area contributed by atoms with Gasteiger partial charge in [-0.2, -0.15) is 5.10 Å². The lowest BCUT2D eigenvalue weighted by Crippen LogP contribution is -2.26. The lowest BCUT2D eigenvalue weighted by molar-refractivity contribution is -0.119. The molecule has 6 nitrogen and oxygen atoms in total. The standard InChI is InChI=1S/C16H18N4O2/c1-12(13-6-5-9-17-10-13)19-20-16(21)11-18-14-7-3-4-8-15(14)22-2/h3-10,18H,11H2,1-2H3,(H,20,21)/b19-12+. The number of nitrogens with one attached hydrogen (secondary N) is 2. The first-order valence-electron chi connectivity index (χ1n) is 6.81. The number of rotatable bonds is 6. The molecule has 0 radical (unpaired) electrons. The van der Waals surface area contributed by atoms with E-state index in [1.54, 1.807) is 19.5 Å². The van der Waals surface area contributed by atoms with E-state index in [1.165, 1.54) is 0 Å². The summed E-state index contributed by atoms with van der Waals surface area (Å²) in [5.41, 5.74) is 4.82. The van der Waals surface area contributed by atoms with Crippen LogP contribution in [-0.4, -0.2) is 30.3 Å². The number of anilines is 1. The van der Waals surface area contributed by atoms with E-state index in [9.17, 15) is 4.79 Å². The smallest absolute Gasteiger partial charge is 0.259 e. The van der Waals surface area contributed by atoms with Gasteiger partial charge >= 0.3 is 0 Å². The Morgan fingerprint density at radius 1 is 1.27 bits per heavy atom. The van der Waals surface area contributed by atoms with Crippen molar-refractivity contribution in [3.63, 3.8) is 0 Å². The van der Waals surface area contributed by atoms with Gasteiger partial charge in [0.25, 0.3) is 5.91 Å². The molecule has 22 heavy (non-hydrogen) atoms. The van der Waals surface area contributed by atoms with Crippen LogP contribution in [0.1, 0.15) is 12.5 Å². The maximum Gasteiger partial charge on any atom is 0.259 e. The van der Waals surface area contributed by atoms with Gasteiger partial charge in [-0.3, -0.25) is 9.78 Å². The number of carbonyl (C=O) groups is 1. The first-order chi connectivity index (χ1) is 10.7. The van der Waals surface area contributed by atoms with E-state index in [0.29, 0.717) is 11.5 Å². The van der Waals surface area contributed by atoms with Gasteiger partial charge in [-0.15, -0.1) is 0 Å². The molecule has 0 aliphatic carbocycles. The summed E-state index contributed by atoms with van der Waals surface area (Å²) in [6.45, 7) is 1.91. The molecule has 0 unspecified atom stereocenters. The Labute approximate surface area is 129 Å². The number of pyridine rings is 1. The Hall–Kier alpha value is -2.89. The molecule has 1 heterocycles. The second kappa shape index (κ2) is 7.78. The summed E-state index contributed by atoms with van der Waals surface area (Å²) in [6, 6.07) is 11.1. The normalized spacial score (nSPS) is 10.9. The number of para-hydroxylation sites is 2. The number of nitrogens with zero attached hydrogens (tertiary/aromatic N) is 2. The van der Waals surface area contributed by atoms with Crippen LogP contribution < -0.4 is 15.5 Å². The molecule has 2 aromatic rings. The van der Waals surface area contributed by atoms with Crippen LogP contribution in [0.2, 0.25) is 0 Å². The topological polar surface area (TPSA) is 75.6 Å². The van der Waals surface area contributed by atoms with Crippen molar-refractivity contribution in [3.8, 4) is 5.75 Å². The van der Waals surface area contributed by atoms with Gasteiger partial charge in [-0.25, -0.2) is 5.43 Å². The molecule has 1 amide bonds. The van der Waals surface area contributed by atoms with Crippen molar-refractivity contribution >= 4 is 17.3 Å². The molecule has 0 atom stereocenters. The number of hydrazone groups is 1. The highest BCUT2D eigenvalue weighted by Crippen LogP contribution is 2.22. The number of amides is 1. The number of ether oxygens (including phenoxy) is 1. The fourth-order valence-corrected chi connectivity index (χ4v) is 1.79. The summed E-state index contributed by atoms with van der Waals surface area (Å²) in [5, 5.41) is 7.06. The van der Waals surface area contributed by atoms with E-state index in [-0.39, 0.29) is 12.5 Å². The van der Waals surface area contributed by atoms with Crippen molar-refractivity contribution in [3.05, 3.63) is 54.4 Å². The first kappa shape index (κ1) is 15.5. The minimum absolute atomic E-state index is 0.101. The molecular formula is C16H18N4O2. The molecule has 0 spiro atoms. The monoisotopic (exact) mass is 298 g/mol. The molecule has 0 fully saturated rings. The quantitative estimate of drug-likeness (QED) is 0.632. The zero-order chi connectivity index (χ0) is 15.8. The predicted molar refractivity (Wildman–Crippen MR) is 86.1 cm³/mol. The average molecular weight is 298 g/mol. The molecule has 0 bridgehead atoms. The maximum absolute atomic E-state index is 11.8. The van der Waals surface area contributed by atoms with E-state index in [2.05, 4.69) is 20.8 Å². The Morgan fingerprint density at radius 3 is 2.82 bits per heavy atom. The summed E-state index contributed by atoms with van der Waals surface area (Å²) >= 11 is 0. The number of benzene rings is 1. The largest absolute Gasteiger partial charge is 0.495 e. The van der Waals surface area contributed by atoms with Gasteiger partial charge in [-0.1, -0.05) is 18.2 Å². The minimum atomic E-state index is -0.242. The van der Waals surface area contributed by atoms with Crippen LogP contribution in [0.4, 0.5) is 5.69 Å². The summed E-state index contributed by atoms with van der Waals surface area (Å²) in [6.07, 6.45) is 3.38. The molecule has 0 aliphatic rings. The highest BCUT2D eigenvalue weighted by Gasteiger charge is 2.04. The van der Waals surface area contributed by atoms with Crippen LogP contribution in [0, 0.1) is 0 Å². The van der Waals surface area contributed by atoms with E-state index >= 15 is 0 Å². The van der Waals surface area contributed by atoms with Crippen LogP contribution in [0.15, 0.2) is 53.9 Å². The van der Waals surface area contributed by atoms with Crippen molar-refractivity contribution in [1.82, 2.24) is 10.4 Å². The summed E-state index contributed by atoms with van der Waals surface area (Å²) < 4.78 is 5.20. The lowest BCUT2D eigenvalue weighted by atomic mass is 10.2. The third kappa shape index (κ3) is 4.31. The first-order valence-corrected chi connectivity index (χ1v) is 6.81.